The van der Waals surface area contributed by atoms with Gasteiger partial charge in [0.25, 0.3) is 0 Å². The Kier molecular flexibility index (Phi) is 42.6. The van der Waals surface area contributed by atoms with Crippen LogP contribution in [0.15, 0.2) is 158 Å². The first-order valence-electron chi connectivity index (χ1n) is 40.9. The SMILES string of the molecule is CCCCCCOC(=O)C=Cc1ccc(C(=O)OCC(C)(COC(=O)c2ccc(C=CC(=O)OCCCCCC)cc2)C(=O)Oc2cc(OC(=O)C(C)(COC(=O)c3ccc(C=CC(=O)OCCCCCC)cc3)COC(=O)c3ccc(C=CC(=O)OCCCCCC)cc3)cc(C(=O)OCCCCCCOC(=O)c3cc(N)cc(N)c3)c2)cc1. The van der Waals surface area contributed by atoms with Gasteiger partial charge in [-0.25, -0.2) is 47.9 Å². The van der Waals surface area contributed by atoms with Gasteiger partial charge in [-0.15, -0.1) is 0 Å². The van der Waals surface area contributed by atoms with Crippen LogP contribution in [0, 0.1) is 10.8 Å². The Balaban J connectivity index is 1.30. The average Bonchev–Trinajstić information content (AvgIpc) is 0.812. The number of benzene rings is 6. The summed E-state index contributed by atoms with van der Waals surface area (Å²) in [4.78, 5) is 162. The number of esters is 12. The van der Waals surface area contributed by atoms with Gasteiger partial charge in [-0.05, 0) is 191 Å². The highest BCUT2D eigenvalue weighted by Gasteiger charge is 2.42. The lowest BCUT2D eigenvalue weighted by atomic mass is 9.93. The van der Waals surface area contributed by atoms with Crippen LogP contribution in [0.3, 0.4) is 0 Å². The minimum absolute atomic E-state index is 0.0162. The standard InChI is InChI=1S/C94H112N2O24/c1-7-11-15-21-51-109-81(97)47-35-67-27-39-71(40-28-67)85(101)115-63-93(5,64-116-86(102)72-41-29-68(30-42-72)36-48-82(98)110-52-22-16-12-8-2)91(107)119-79-59-76(90(106)114-56-26-20-19-25-55-113-89(105)75-57-77(95)61-78(96)58-75)60-80(62-79)120-92(108)94(6,65-117-87(103)73-43-31-69(32-44-73)37-49-83(99)111-53-23-17-13-9-3)66-118-88(104)74-45-33-70(34-46-74)38-50-84(100)112-54-24-18-14-10-4/h27-50,57-62H,7-26,51-56,63-66,95-96H2,1-6H3. The van der Waals surface area contributed by atoms with Crippen molar-refractivity contribution in [3.63, 3.8) is 0 Å². The van der Waals surface area contributed by atoms with Gasteiger partial charge in [0.2, 0.25) is 0 Å². The molecular weight excluding hydrogens is 1540 g/mol. The summed E-state index contributed by atoms with van der Waals surface area (Å²) in [6, 6.07) is 31.4. The second-order valence-electron chi connectivity index (χ2n) is 29.2. The molecule has 0 spiro atoms. The number of unbranched alkanes of at least 4 members (excludes halogenated alkanes) is 15. The molecule has 0 heterocycles. The summed E-state index contributed by atoms with van der Waals surface area (Å²) in [7, 11) is 0. The molecule has 0 radical (unpaired) electrons. The van der Waals surface area contributed by atoms with Crippen molar-refractivity contribution in [1.29, 1.82) is 0 Å². The number of rotatable bonds is 53. The quantitative estimate of drug-likeness (QED) is 0.00894. The Morgan fingerprint density at radius 3 is 0.742 bits per heavy atom. The van der Waals surface area contributed by atoms with Gasteiger partial charge < -0.3 is 68.3 Å². The predicted octanol–water partition coefficient (Wildman–Crippen LogP) is 17.2. The molecule has 0 aliphatic heterocycles. The molecule has 0 fully saturated rings. The van der Waals surface area contributed by atoms with Gasteiger partial charge in [-0.2, -0.15) is 0 Å². The van der Waals surface area contributed by atoms with E-state index in [-0.39, 0.29) is 73.0 Å². The smallest absolute Gasteiger partial charge is 0.338 e. The zero-order chi connectivity index (χ0) is 86.9. The molecule has 0 saturated heterocycles. The second-order valence-corrected chi connectivity index (χ2v) is 29.2. The highest BCUT2D eigenvalue weighted by atomic mass is 16.6. The summed E-state index contributed by atoms with van der Waals surface area (Å²) in [5.41, 5.74) is 10.2. The minimum atomic E-state index is -2.09. The van der Waals surface area contributed by atoms with E-state index in [4.69, 9.17) is 68.3 Å². The van der Waals surface area contributed by atoms with Crippen molar-refractivity contribution in [2.75, 3.05) is 77.5 Å². The molecule has 26 nitrogen and oxygen atoms in total. The van der Waals surface area contributed by atoms with Crippen molar-refractivity contribution in [2.45, 2.75) is 170 Å². The molecule has 0 saturated carbocycles. The predicted molar refractivity (Wildman–Crippen MR) is 452 cm³/mol. The van der Waals surface area contributed by atoms with Crippen molar-refractivity contribution in [3.8, 4) is 11.5 Å². The molecule has 6 aromatic rings. The second kappa shape index (κ2) is 53.1. The molecule has 0 aromatic heterocycles. The first-order chi connectivity index (χ1) is 57.8. The fourth-order valence-corrected chi connectivity index (χ4v) is 11.2. The number of carbonyl (C=O) groups excluding carboxylic acids is 12. The summed E-state index contributed by atoms with van der Waals surface area (Å²) >= 11 is 0. The molecule has 6 aromatic carbocycles. The molecule has 6 rings (SSSR count). The maximum Gasteiger partial charge on any atom is 0.338 e. The van der Waals surface area contributed by atoms with E-state index >= 15 is 9.59 Å². The molecule has 4 N–H and O–H groups in total. The van der Waals surface area contributed by atoms with Crippen LogP contribution < -0.4 is 20.9 Å². The normalized spacial score (nSPS) is 12.2. The Bertz CT molecular complexity index is 4020. The van der Waals surface area contributed by atoms with Gasteiger partial charge in [0.1, 0.15) is 48.8 Å². The van der Waals surface area contributed by atoms with Crippen LogP contribution in [0.5, 0.6) is 11.5 Å². The number of anilines is 2. The Hall–Kier alpha value is -12.5. The average molecular weight is 1650 g/mol. The number of hydrogen-bond donors (Lipinski definition) is 2. The molecule has 0 aliphatic carbocycles. The van der Waals surface area contributed by atoms with Crippen LogP contribution in [-0.2, 0) is 76.1 Å². The van der Waals surface area contributed by atoms with Crippen molar-refractivity contribution in [3.05, 3.63) is 213 Å². The largest absolute Gasteiger partial charge is 0.463 e. The van der Waals surface area contributed by atoms with Crippen LogP contribution in [0.25, 0.3) is 24.3 Å². The van der Waals surface area contributed by atoms with Crippen LogP contribution >= 0.6 is 0 Å². The fraction of sp³-hybridized carbons (Fsp3) is 0.404. The van der Waals surface area contributed by atoms with E-state index in [2.05, 4.69) is 27.7 Å². The fourth-order valence-electron chi connectivity index (χ4n) is 11.2. The number of carbonyl (C=O) groups is 12. The molecular formula is C94H112N2O24. The van der Waals surface area contributed by atoms with E-state index in [9.17, 15) is 47.9 Å². The summed E-state index contributed by atoms with van der Waals surface area (Å²) in [5.74, 6) is -10.9. The van der Waals surface area contributed by atoms with E-state index in [1.54, 1.807) is 48.5 Å². The molecule has 0 bridgehead atoms. The van der Waals surface area contributed by atoms with E-state index < -0.39 is 120 Å². The summed E-state index contributed by atoms with van der Waals surface area (Å²) in [6.07, 6.45) is 27.7. The lowest BCUT2D eigenvalue weighted by molar-refractivity contribution is -0.150. The highest BCUT2D eigenvalue weighted by Crippen LogP contribution is 2.32. The zero-order valence-electron chi connectivity index (χ0n) is 69.5. The van der Waals surface area contributed by atoms with Gasteiger partial charge in [0.05, 0.1) is 73.0 Å². The molecule has 0 unspecified atom stereocenters. The van der Waals surface area contributed by atoms with Gasteiger partial charge >= 0.3 is 71.6 Å². The third-order valence-electron chi connectivity index (χ3n) is 18.5. The topological polar surface area (TPSA) is 368 Å². The third-order valence-corrected chi connectivity index (χ3v) is 18.5. The maximum absolute atomic E-state index is 15.0. The lowest BCUT2D eigenvalue weighted by Gasteiger charge is -2.27. The molecule has 0 atom stereocenters. The highest BCUT2D eigenvalue weighted by molar-refractivity contribution is 5.96. The third kappa shape index (κ3) is 36.2. The van der Waals surface area contributed by atoms with Crippen molar-refractivity contribution in [1.82, 2.24) is 0 Å². The number of ether oxygens (including phenoxy) is 12. The minimum Gasteiger partial charge on any atom is -0.463 e. The van der Waals surface area contributed by atoms with Crippen LogP contribution in [0.4, 0.5) is 11.4 Å². The lowest BCUT2D eigenvalue weighted by Crippen LogP contribution is -2.42. The van der Waals surface area contributed by atoms with Crippen LogP contribution in [-0.4, -0.2) is 138 Å². The summed E-state index contributed by atoms with van der Waals surface area (Å²) < 4.78 is 67.4. The Labute approximate surface area is 701 Å². The first kappa shape index (κ1) is 96.4. The molecule has 642 valence electrons. The van der Waals surface area contributed by atoms with Crippen molar-refractivity contribution >= 4 is 107 Å². The monoisotopic (exact) mass is 1650 g/mol. The van der Waals surface area contributed by atoms with E-state index in [1.807, 2.05) is 0 Å². The molecule has 120 heavy (non-hydrogen) atoms. The summed E-state index contributed by atoms with van der Waals surface area (Å²) in [6.45, 7) is 8.58. The van der Waals surface area contributed by atoms with Crippen molar-refractivity contribution in [2.24, 2.45) is 10.8 Å². The molecule has 0 amide bonds. The van der Waals surface area contributed by atoms with E-state index in [0.717, 1.165) is 121 Å². The molecule has 0 aliphatic rings. The van der Waals surface area contributed by atoms with Gasteiger partial charge in [0.15, 0.2) is 0 Å². The van der Waals surface area contributed by atoms with Crippen LogP contribution in [0.2, 0.25) is 0 Å². The van der Waals surface area contributed by atoms with Crippen molar-refractivity contribution < 1.29 is 114 Å². The van der Waals surface area contributed by atoms with Crippen LogP contribution in [0.1, 0.15) is 254 Å². The van der Waals surface area contributed by atoms with Gasteiger partial charge in [-0.3, -0.25) is 9.59 Å². The number of hydrogen-bond acceptors (Lipinski definition) is 26. The Morgan fingerprint density at radius 1 is 0.267 bits per heavy atom. The van der Waals surface area contributed by atoms with E-state index in [0.29, 0.717) is 59.3 Å². The zero-order valence-corrected chi connectivity index (χ0v) is 69.5. The molecule has 26 heteroatoms. The van der Waals surface area contributed by atoms with Gasteiger partial charge in [0, 0.05) is 41.7 Å². The number of nitrogens with two attached hydrogens (primary N) is 2. The maximum atomic E-state index is 15.0. The van der Waals surface area contributed by atoms with Gasteiger partial charge in [-0.1, -0.05) is 153 Å². The first-order valence-corrected chi connectivity index (χ1v) is 40.9. The Morgan fingerprint density at radius 2 is 0.492 bits per heavy atom. The summed E-state index contributed by atoms with van der Waals surface area (Å²) in [5, 5.41) is 0. The number of nitrogen functional groups attached to an aromatic ring is 2. The van der Waals surface area contributed by atoms with E-state index in [1.165, 1.54) is 129 Å².